The number of benzene rings is 3. The largest absolute Gasteiger partial charge is 0.465 e. The first-order valence-electron chi connectivity index (χ1n) is 13.6. The van der Waals surface area contributed by atoms with Crippen LogP contribution < -0.4 is 10.6 Å². The Kier molecular flexibility index (Phi) is 8.47. The molecule has 1 unspecified atom stereocenters. The van der Waals surface area contributed by atoms with Crippen molar-refractivity contribution < 1.29 is 23.9 Å². The maximum atomic E-state index is 13.2. The third-order valence-electron chi connectivity index (χ3n) is 7.22. The molecule has 2 aliphatic rings. The molecule has 9 nitrogen and oxygen atoms in total. The molecule has 1 saturated heterocycles. The number of carbonyl (C=O) groups is 3. The number of likely N-dealkylation sites (N-methyl/N-ethyl adjacent to an activating group) is 1. The summed E-state index contributed by atoms with van der Waals surface area (Å²) in [7, 11) is 5.34. The summed E-state index contributed by atoms with van der Waals surface area (Å²) >= 11 is 0. The predicted molar refractivity (Wildman–Crippen MR) is 159 cm³/mol. The Morgan fingerprint density at radius 2 is 1.73 bits per heavy atom. The van der Waals surface area contributed by atoms with Crippen molar-refractivity contribution in [2.75, 3.05) is 58.1 Å². The maximum absolute atomic E-state index is 13.2. The summed E-state index contributed by atoms with van der Waals surface area (Å²) in [6.07, 6.45) is 0.890. The Hall–Kier alpha value is -4.47. The molecule has 212 valence electrons. The number of nitrogens with zero attached hydrogens (tertiary/aromatic N) is 2. The number of ether oxygens (including phenoxy) is 2. The van der Waals surface area contributed by atoms with Gasteiger partial charge in [-0.2, -0.15) is 0 Å². The summed E-state index contributed by atoms with van der Waals surface area (Å²) in [5, 5.41) is 6.28. The number of likely N-dealkylation sites (tertiary alicyclic amines) is 1. The van der Waals surface area contributed by atoms with E-state index in [2.05, 4.69) is 15.5 Å². The molecule has 0 aromatic heterocycles. The summed E-state index contributed by atoms with van der Waals surface area (Å²) in [5.41, 5.74) is 4.79. The minimum Gasteiger partial charge on any atom is -0.465 e. The average Bonchev–Trinajstić information content (AvgIpc) is 3.59. The van der Waals surface area contributed by atoms with Crippen LogP contribution in [-0.2, 0) is 14.3 Å². The summed E-state index contributed by atoms with van der Waals surface area (Å²) in [5.74, 6) is -0.782. The van der Waals surface area contributed by atoms with Crippen molar-refractivity contribution in [1.82, 2.24) is 9.80 Å². The lowest BCUT2D eigenvalue weighted by atomic mass is 9.99. The molecule has 0 saturated carbocycles. The lowest BCUT2D eigenvalue weighted by Gasteiger charge is -2.18. The zero-order chi connectivity index (χ0) is 28.9. The number of hydrogen-bond acceptors (Lipinski definition) is 7. The lowest BCUT2D eigenvalue weighted by molar-refractivity contribution is -0.110. The first-order valence-corrected chi connectivity index (χ1v) is 13.6. The second-order valence-corrected chi connectivity index (χ2v) is 10.4. The van der Waals surface area contributed by atoms with Gasteiger partial charge in [-0.15, -0.1) is 0 Å². The molecule has 5 rings (SSSR count). The van der Waals surface area contributed by atoms with Crippen LogP contribution in [0.4, 0.5) is 11.4 Å². The highest BCUT2D eigenvalue weighted by atomic mass is 16.5. The Labute approximate surface area is 239 Å². The van der Waals surface area contributed by atoms with Gasteiger partial charge >= 0.3 is 5.97 Å². The highest BCUT2D eigenvalue weighted by Gasteiger charge is 2.30. The van der Waals surface area contributed by atoms with Crippen LogP contribution in [0.25, 0.3) is 11.3 Å². The smallest absolute Gasteiger partial charge is 0.337 e. The standard InChI is InChI=1S/C32H34N4O5/c1-35(2)17-18-41-25-15-16-36(20-25)31(38)22-9-12-24(13-10-22)33-29(21-7-5-4-6-8-21)28-26-14-11-23(32(39)40-3)19-27(26)34-30(28)37/h4-14,19,25,33H,15-18,20H2,1-3H3,(H,34,37)/b29-28-. The average molecular weight is 555 g/mol. The topological polar surface area (TPSA) is 100 Å². The van der Waals surface area contributed by atoms with Crippen LogP contribution >= 0.6 is 0 Å². The number of rotatable bonds is 9. The Morgan fingerprint density at radius 1 is 1.00 bits per heavy atom. The molecule has 0 spiro atoms. The van der Waals surface area contributed by atoms with E-state index < -0.39 is 5.97 Å². The number of nitrogens with one attached hydrogen (secondary N) is 2. The van der Waals surface area contributed by atoms with Gasteiger partial charge in [0.2, 0.25) is 0 Å². The van der Waals surface area contributed by atoms with Gasteiger partial charge in [0.05, 0.1) is 42.3 Å². The lowest BCUT2D eigenvalue weighted by Crippen LogP contribution is -2.31. The van der Waals surface area contributed by atoms with Crippen molar-refractivity contribution in [3.8, 4) is 0 Å². The number of hydrogen-bond donors (Lipinski definition) is 2. The second-order valence-electron chi connectivity index (χ2n) is 10.4. The maximum Gasteiger partial charge on any atom is 0.337 e. The third kappa shape index (κ3) is 6.32. The molecular formula is C32H34N4O5. The summed E-state index contributed by atoms with van der Waals surface area (Å²) in [4.78, 5) is 42.3. The van der Waals surface area contributed by atoms with E-state index >= 15 is 0 Å². The fourth-order valence-corrected chi connectivity index (χ4v) is 5.02. The highest BCUT2D eigenvalue weighted by molar-refractivity contribution is 6.37. The van der Waals surface area contributed by atoms with Gasteiger partial charge in [0, 0.05) is 36.4 Å². The van der Waals surface area contributed by atoms with E-state index in [-0.39, 0.29) is 17.9 Å². The van der Waals surface area contributed by atoms with Crippen LogP contribution in [0.2, 0.25) is 0 Å². The number of carbonyl (C=O) groups excluding carboxylic acids is 3. The molecule has 2 amide bonds. The Balaban J connectivity index is 1.36. The summed E-state index contributed by atoms with van der Waals surface area (Å²) < 4.78 is 10.8. The monoisotopic (exact) mass is 554 g/mol. The first-order chi connectivity index (χ1) is 19.8. The van der Waals surface area contributed by atoms with Crippen molar-refractivity contribution in [2.45, 2.75) is 12.5 Å². The Morgan fingerprint density at radius 3 is 2.44 bits per heavy atom. The molecule has 0 radical (unpaired) electrons. The molecule has 2 aliphatic heterocycles. The number of methoxy groups -OCH3 is 1. The number of fused-ring (bicyclic) bond motifs is 1. The fraction of sp³-hybridized carbons (Fsp3) is 0.281. The summed E-state index contributed by atoms with van der Waals surface area (Å²) in [6, 6.07) is 21.8. The van der Waals surface area contributed by atoms with E-state index in [1.54, 1.807) is 30.3 Å². The number of anilines is 2. The van der Waals surface area contributed by atoms with Gasteiger partial charge in [-0.25, -0.2) is 4.79 Å². The van der Waals surface area contributed by atoms with E-state index in [1.807, 2.05) is 61.5 Å². The molecule has 2 heterocycles. The molecule has 2 N–H and O–H groups in total. The molecule has 0 bridgehead atoms. The van der Waals surface area contributed by atoms with Crippen LogP contribution in [-0.4, -0.2) is 81.1 Å². The van der Waals surface area contributed by atoms with Crippen molar-refractivity contribution >= 4 is 40.4 Å². The van der Waals surface area contributed by atoms with Gasteiger partial charge in [0.25, 0.3) is 11.8 Å². The van der Waals surface area contributed by atoms with Crippen molar-refractivity contribution in [1.29, 1.82) is 0 Å². The second kappa shape index (κ2) is 12.4. The van der Waals surface area contributed by atoms with Crippen LogP contribution in [0.5, 0.6) is 0 Å². The molecule has 1 fully saturated rings. The molecular weight excluding hydrogens is 520 g/mol. The van der Waals surface area contributed by atoms with Crippen LogP contribution in [0.1, 0.15) is 38.3 Å². The minimum atomic E-state index is -0.475. The number of esters is 1. The van der Waals surface area contributed by atoms with Crippen molar-refractivity contribution in [2.24, 2.45) is 0 Å². The normalized spacial score (nSPS) is 17.3. The van der Waals surface area contributed by atoms with Gasteiger partial charge in [0.15, 0.2) is 0 Å². The van der Waals surface area contributed by atoms with Gasteiger partial charge in [-0.3, -0.25) is 9.59 Å². The van der Waals surface area contributed by atoms with Gasteiger partial charge in [-0.1, -0.05) is 36.4 Å². The zero-order valence-electron chi connectivity index (χ0n) is 23.5. The van der Waals surface area contributed by atoms with Crippen LogP contribution in [0.15, 0.2) is 72.8 Å². The first kappa shape index (κ1) is 28.1. The van der Waals surface area contributed by atoms with Gasteiger partial charge in [0.1, 0.15) is 0 Å². The minimum absolute atomic E-state index is 0.0256. The summed E-state index contributed by atoms with van der Waals surface area (Å²) in [6.45, 7) is 2.75. The van der Waals surface area contributed by atoms with Crippen molar-refractivity contribution in [3.05, 3.63) is 95.1 Å². The highest BCUT2D eigenvalue weighted by Crippen LogP contribution is 2.38. The van der Waals surface area contributed by atoms with Gasteiger partial charge < -0.3 is 29.9 Å². The van der Waals surface area contributed by atoms with Crippen molar-refractivity contribution in [3.63, 3.8) is 0 Å². The van der Waals surface area contributed by atoms with Crippen LogP contribution in [0, 0.1) is 0 Å². The molecule has 0 aliphatic carbocycles. The third-order valence-corrected chi connectivity index (χ3v) is 7.22. The van der Waals surface area contributed by atoms with E-state index in [9.17, 15) is 14.4 Å². The molecule has 3 aromatic rings. The predicted octanol–water partition coefficient (Wildman–Crippen LogP) is 4.20. The Bertz CT molecular complexity index is 1470. The van der Waals surface area contributed by atoms with E-state index in [0.717, 1.165) is 24.2 Å². The number of amides is 2. The van der Waals surface area contributed by atoms with Crippen LogP contribution in [0.3, 0.4) is 0 Å². The zero-order valence-corrected chi connectivity index (χ0v) is 23.5. The molecule has 1 atom stereocenters. The van der Waals surface area contributed by atoms with E-state index in [1.165, 1.54) is 7.11 Å². The SMILES string of the molecule is COC(=O)c1ccc2c(c1)NC(=O)/C2=C(\Nc1ccc(C(=O)N2CCC(OCCN(C)C)C2)cc1)c1ccccc1. The van der Waals surface area contributed by atoms with E-state index in [0.29, 0.717) is 53.3 Å². The quantitative estimate of drug-likeness (QED) is 0.302. The molecule has 3 aromatic carbocycles. The molecule has 41 heavy (non-hydrogen) atoms. The van der Waals surface area contributed by atoms with Gasteiger partial charge in [-0.05, 0) is 62.5 Å². The van der Waals surface area contributed by atoms with E-state index in [4.69, 9.17) is 9.47 Å². The molecule has 9 heteroatoms. The fourth-order valence-electron chi connectivity index (χ4n) is 5.02.